The highest BCUT2D eigenvalue weighted by molar-refractivity contribution is 7.18. The molecule has 0 bridgehead atoms. The van der Waals surface area contributed by atoms with Crippen LogP contribution in [-0.2, 0) is 0 Å². The van der Waals surface area contributed by atoms with E-state index in [0.717, 1.165) is 12.8 Å². The van der Waals surface area contributed by atoms with Gasteiger partial charge in [0, 0.05) is 12.2 Å². The van der Waals surface area contributed by atoms with Crippen LogP contribution in [0.1, 0.15) is 22.5 Å². The van der Waals surface area contributed by atoms with E-state index in [1.165, 1.54) is 11.3 Å². The Balaban J connectivity index is 1.73. The number of amides is 1. The van der Waals surface area contributed by atoms with Gasteiger partial charge in [-0.3, -0.25) is 9.78 Å². The van der Waals surface area contributed by atoms with Crippen molar-refractivity contribution in [3.63, 3.8) is 0 Å². The van der Waals surface area contributed by atoms with E-state index in [9.17, 15) is 4.79 Å². The van der Waals surface area contributed by atoms with Gasteiger partial charge in [0.25, 0.3) is 5.91 Å². The van der Waals surface area contributed by atoms with Gasteiger partial charge in [0.15, 0.2) is 5.13 Å². The van der Waals surface area contributed by atoms with Crippen molar-refractivity contribution < 1.29 is 4.79 Å². The first-order valence-electron chi connectivity index (χ1n) is 5.96. The SMILES string of the molecule is Nc1nc(NC2CC2)sc1C(=O)Nc1cccnc1. The van der Waals surface area contributed by atoms with Gasteiger partial charge in [-0.05, 0) is 25.0 Å². The van der Waals surface area contributed by atoms with Crippen molar-refractivity contribution in [1.82, 2.24) is 9.97 Å². The summed E-state index contributed by atoms with van der Waals surface area (Å²) in [4.78, 5) is 20.6. The molecule has 1 amide bonds. The molecule has 0 radical (unpaired) electrons. The maximum absolute atomic E-state index is 12.1. The molecule has 0 aliphatic heterocycles. The molecule has 0 spiro atoms. The molecule has 1 aliphatic rings. The molecule has 4 N–H and O–H groups in total. The molecule has 1 saturated carbocycles. The average molecular weight is 275 g/mol. The average Bonchev–Trinajstić information content (AvgIpc) is 3.13. The van der Waals surface area contributed by atoms with Gasteiger partial charge < -0.3 is 16.4 Å². The summed E-state index contributed by atoms with van der Waals surface area (Å²) in [6.45, 7) is 0. The molecule has 19 heavy (non-hydrogen) atoms. The van der Waals surface area contributed by atoms with Crippen LogP contribution in [-0.4, -0.2) is 21.9 Å². The Morgan fingerprint density at radius 3 is 3.00 bits per heavy atom. The molecule has 1 fully saturated rings. The molecule has 0 atom stereocenters. The van der Waals surface area contributed by atoms with Gasteiger partial charge in [0.2, 0.25) is 0 Å². The largest absolute Gasteiger partial charge is 0.382 e. The number of aromatic nitrogens is 2. The Kier molecular flexibility index (Phi) is 3.04. The van der Waals surface area contributed by atoms with Gasteiger partial charge in [-0.2, -0.15) is 0 Å². The normalized spacial score (nSPS) is 14.1. The third kappa shape index (κ3) is 2.82. The van der Waals surface area contributed by atoms with Gasteiger partial charge >= 0.3 is 0 Å². The van der Waals surface area contributed by atoms with Crippen LogP contribution >= 0.6 is 11.3 Å². The van der Waals surface area contributed by atoms with Crippen LogP contribution in [0.3, 0.4) is 0 Å². The molecule has 6 nitrogen and oxygen atoms in total. The predicted molar refractivity (Wildman–Crippen MR) is 75.4 cm³/mol. The maximum atomic E-state index is 12.1. The zero-order valence-corrected chi connectivity index (χ0v) is 10.9. The first kappa shape index (κ1) is 11.9. The van der Waals surface area contributed by atoms with E-state index in [4.69, 9.17) is 5.73 Å². The van der Waals surface area contributed by atoms with Crippen molar-refractivity contribution in [3.8, 4) is 0 Å². The van der Waals surface area contributed by atoms with Gasteiger partial charge in [-0.15, -0.1) is 0 Å². The summed E-state index contributed by atoms with van der Waals surface area (Å²) >= 11 is 1.28. The van der Waals surface area contributed by atoms with Crippen molar-refractivity contribution in [2.75, 3.05) is 16.4 Å². The van der Waals surface area contributed by atoms with Crippen LogP contribution < -0.4 is 16.4 Å². The highest BCUT2D eigenvalue weighted by Crippen LogP contribution is 2.30. The zero-order chi connectivity index (χ0) is 13.2. The topological polar surface area (TPSA) is 92.9 Å². The summed E-state index contributed by atoms with van der Waals surface area (Å²) in [6, 6.07) is 4.01. The molecular weight excluding hydrogens is 262 g/mol. The number of hydrogen-bond donors (Lipinski definition) is 3. The first-order chi connectivity index (χ1) is 9.22. The Morgan fingerprint density at radius 2 is 2.32 bits per heavy atom. The number of carbonyl (C=O) groups is 1. The Bertz CT molecular complexity index is 593. The lowest BCUT2D eigenvalue weighted by Crippen LogP contribution is -2.12. The third-order valence-electron chi connectivity index (χ3n) is 2.68. The van der Waals surface area contributed by atoms with Crippen LogP contribution in [0.5, 0.6) is 0 Å². The highest BCUT2D eigenvalue weighted by atomic mass is 32.1. The summed E-state index contributed by atoms with van der Waals surface area (Å²) < 4.78 is 0. The number of nitrogens with two attached hydrogens (primary N) is 1. The molecule has 1 aliphatic carbocycles. The number of thiazole rings is 1. The van der Waals surface area contributed by atoms with E-state index in [-0.39, 0.29) is 11.7 Å². The fourth-order valence-corrected chi connectivity index (χ4v) is 2.44. The molecule has 7 heteroatoms. The van der Waals surface area contributed by atoms with Crippen LogP contribution in [0.15, 0.2) is 24.5 Å². The van der Waals surface area contributed by atoms with Crippen molar-refractivity contribution >= 4 is 33.9 Å². The number of hydrogen-bond acceptors (Lipinski definition) is 6. The van der Waals surface area contributed by atoms with Crippen molar-refractivity contribution in [2.45, 2.75) is 18.9 Å². The van der Waals surface area contributed by atoms with Crippen LogP contribution in [0.25, 0.3) is 0 Å². The zero-order valence-electron chi connectivity index (χ0n) is 10.1. The minimum absolute atomic E-state index is 0.258. The monoisotopic (exact) mass is 275 g/mol. The molecule has 98 valence electrons. The maximum Gasteiger partial charge on any atom is 0.269 e. The molecule has 2 heterocycles. The van der Waals surface area contributed by atoms with E-state index >= 15 is 0 Å². The Labute approximate surface area is 114 Å². The minimum atomic E-state index is -0.258. The number of nitrogen functional groups attached to an aromatic ring is 1. The number of nitrogens with zero attached hydrogens (tertiary/aromatic N) is 2. The Hall–Kier alpha value is -2.15. The molecule has 0 aromatic carbocycles. The lowest BCUT2D eigenvalue weighted by molar-refractivity contribution is 0.103. The standard InChI is InChI=1S/C12H13N5OS/c13-10-9(19-12(17-10)16-7-3-4-7)11(18)15-8-2-1-5-14-6-8/h1-2,5-7H,3-4,13H2,(H,15,18)(H,16,17). The van der Waals surface area contributed by atoms with E-state index in [1.54, 1.807) is 24.5 Å². The Morgan fingerprint density at radius 1 is 1.47 bits per heavy atom. The fourth-order valence-electron chi connectivity index (χ4n) is 1.58. The molecule has 0 unspecified atom stereocenters. The molecule has 3 rings (SSSR count). The van der Waals surface area contributed by atoms with Crippen LogP contribution in [0.4, 0.5) is 16.6 Å². The lowest BCUT2D eigenvalue weighted by Gasteiger charge is -2.02. The first-order valence-corrected chi connectivity index (χ1v) is 6.78. The molecular formula is C12H13N5OS. The number of carbonyl (C=O) groups excluding carboxylic acids is 1. The molecule has 0 saturated heterocycles. The second-order valence-corrected chi connectivity index (χ2v) is 5.35. The van der Waals surface area contributed by atoms with Crippen molar-refractivity contribution in [1.29, 1.82) is 0 Å². The fraction of sp³-hybridized carbons (Fsp3) is 0.250. The number of rotatable bonds is 4. The number of anilines is 3. The van der Waals surface area contributed by atoms with Gasteiger partial charge in [-0.25, -0.2) is 4.98 Å². The van der Waals surface area contributed by atoms with E-state index in [2.05, 4.69) is 20.6 Å². The van der Waals surface area contributed by atoms with Gasteiger partial charge in [-0.1, -0.05) is 11.3 Å². The number of pyridine rings is 1. The summed E-state index contributed by atoms with van der Waals surface area (Å²) in [5, 5.41) is 6.68. The quantitative estimate of drug-likeness (QED) is 0.793. The predicted octanol–water partition coefficient (Wildman–Crippen LogP) is 1.95. The molecule has 2 aromatic heterocycles. The van der Waals surface area contributed by atoms with Crippen molar-refractivity contribution in [3.05, 3.63) is 29.4 Å². The summed E-state index contributed by atoms with van der Waals surface area (Å²) in [6.07, 6.45) is 5.53. The second-order valence-electron chi connectivity index (χ2n) is 4.35. The summed E-state index contributed by atoms with van der Waals surface area (Å²) in [5.74, 6) is 0.00128. The lowest BCUT2D eigenvalue weighted by atomic mass is 10.4. The van der Waals surface area contributed by atoms with E-state index < -0.39 is 0 Å². The smallest absolute Gasteiger partial charge is 0.269 e. The molecule has 2 aromatic rings. The van der Waals surface area contributed by atoms with E-state index in [0.29, 0.717) is 21.7 Å². The summed E-state index contributed by atoms with van der Waals surface area (Å²) in [7, 11) is 0. The number of nitrogens with one attached hydrogen (secondary N) is 2. The van der Waals surface area contributed by atoms with Crippen LogP contribution in [0, 0.1) is 0 Å². The highest BCUT2D eigenvalue weighted by Gasteiger charge is 2.24. The third-order valence-corrected chi connectivity index (χ3v) is 3.69. The summed E-state index contributed by atoms with van der Waals surface area (Å²) in [5.41, 5.74) is 6.41. The van der Waals surface area contributed by atoms with Gasteiger partial charge in [0.05, 0.1) is 11.9 Å². The van der Waals surface area contributed by atoms with Gasteiger partial charge in [0.1, 0.15) is 10.7 Å². The van der Waals surface area contributed by atoms with Crippen LogP contribution in [0.2, 0.25) is 0 Å². The van der Waals surface area contributed by atoms with E-state index in [1.807, 2.05) is 0 Å². The second kappa shape index (κ2) is 4.85. The minimum Gasteiger partial charge on any atom is -0.382 e. The van der Waals surface area contributed by atoms with Crippen molar-refractivity contribution in [2.24, 2.45) is 0 Å².